The van der Waals surface area contributed by atoms with Crippen molar-refractivity contribution in [1.82, 2.24) is 4.98 Å². The predicted octanol–water partition coefficient (Wildman–Crippen LogP) is 1.32. The molecule has 2 rings (SSSR count). The summed E-state index contributed by atoms with van der Waals surface area (Å²) in [4.78, 5) is 15.7. The Morgan fingerprint density at radius 3 is 3.29 bits per heavy atom. The second-order valence-corrected chi connectivity index (χ2v) is 4.00. The van der Waals surface area contributed by atoms with Crippen LogP contribution in [0, 0.1) is 5.92 Å². The van der Waals surface area contributed by atoms with Crippen LogP contribution in [0.5, 0.6) is 0 Å². The highest BCUT2D eigenvalue weighted by Gasteiger charge is 2.17. The van der Waals surface area contributed by atoms with E-state index in [4.69, 9.17) is 9.47 Å². The molecule has 0 aliphatic carbocycles. The molecule has 0 bridgehead atoms. The van der Waals surface area contributed by atoms with Crippen molar-refractivity contribution in [3.05, 3.63) is 23.9 Å². The monoisotopic (exact) mass is 236 g/mol. The quantitative estimate of drug-likeness (QED) is 0.799. The number of carbonyl (C=O) groups is 1. The van der Waals surface area contributed by atoms with Crippen molar-refractivity contribution >= 4 is 11.8 Å². The molecule has 1 atom stereocenters. The van der Waals surface area contributed by atoms with Crippen LogP contribution in [-0.2, 0) is 9.47 Å². The normalized spacial score (nSPS) is 19.0. The summed E-state index contributed by atoms with van der Waals surface area (Å²) in [6, 6.07) is 3.42. The molecule has 1 saturated heterocycles. The van der Waals surface area contributed by atoms with Crippen LogP contribution >= 0.6 is 0 Å². The highest BCUT2D eigenvalue weighted by Crippen LogP contribution is 2.16. The largest absolute Gasteiger partial charge is 0.465 e. The molecule has 1 aliphatic rings. The number of ether oxygens (including phenoxy) is 2. The number of pyridine rings is 1. The van der Waals surface area contributed by atoms with Crippen molar-refractivity contribution in [2.45, 2.75) is 6.42 Å². The molecular formula is C12H16N2O3. The van der Waals surface area contributed by atoms with Gasteiger partial charge in [-0.15, -0.1) is 0 Å². The number of aromatic nitrogens is 1. The van der Waals surface area contributed by atoms with E-state index in [2.05, 4.69) is 10.3 Å². The summed E-state index contributed by atoms with van der Waals surface area (Å²) < 4.78 is 10.00. The first-order valence-corrected chi connectivity index (χ1v) is 5.66. The molecule has 1 aromatic rings. The Hall–Kier alpha value is -1.62. The Balaban J connectivity index is 2.01. The molecule has 0 radical (unpaired) electrons. The molecule has 2 heterocycles. The fraction of sp³-hybridized carbons (Fsp3) is 0.500. The number of nitrogens with one attached hydrogen (secondary N) is 1. The van der Waals surface area contributed by atoms with Crippen LogP contribution in [0.15, 0.2) is 18.3 Å². The van der Waals surface area contributed by atoms with Gasteiger partial charge in [0.25, 0.3) is 0 Å². The fourth-order valence-electron chi connectivity index (χ4n) is 1.81. The average Bonchev–Trinajstić information content (AvgIpc) is 2.89. The lowest BCUT2D eigenvalue weighted by molar-refractivity contribution is 0.0601. The maximum absolute atomic E-state index is 11.5. The second kappa shape index (κ2) is 5.63. The van der Waals surface area contributed by atoms with E-state index in [9.17, 15) is 4.79 Å². The van der Waals surface area contributed by atoms with Crippen LogP contribution in [0.3, 0.4) is 0 Å². The molecule has 1 aromatic heterocycles. The summed E-state index contributed by atoms with van der Waals surface area (Å²) >= 11 is 0. The molecule has 1 N–H and O–H groups in total. The van der Waals surface area contributed by atoms with E-state index in [1.54, 1.807) is 18.3 Å². The lowest BCUT2D eigenvalue weighted by atomic mass is 10.1. The third kappa shape index (κ3) is 2.94. The van der Waals surface area contributed by atoms with Gasteiger partial charge in [0, 0.05) is 25.3 Å². The number of rotatable bonds is 4. The van der Waals surface area contributed by atoms with Gasteiger partial charge in [-0.2, -0.15) is 0 Å². The van der Waals surface area contributed by atoms with Crippen LogP contribution in [0.4, 0.5) is 5.82 Å². The van der Waals surface area contributed by atoms with Crippen LogP contribution in [-0.4, -0.2) is 37.8 Å². The summed E-state index contributed by atoms with van der Waals surface area (Å²) in [5.41, 5.74) is 0.467. The lowest BCUT2D eigenvalue weighted by Crippen LogP contribution is -2.17. The Labute approximate surface area is 100 Å². The summed E-state index contributed by atoms with van der Waals surface area (Å²) in [6.07, 6.45) is 2.70. The van der Waals surface area contributed by atoms with E-state index in [1.807, 2.05) is 0 Å². The van der Waals surface area contributed by atoms with E-state index in [1.165, 1.54) is 7.11 Å². The zero-order chi connectivity index (χ0) is 12.1. The Morgan fingerprint density at radius 2 is 2.59 bits per heavy atom. The minimum absolute atomic E-state index is 0.372. The molecular weight excluding hydrogens is 220 g/mol. The fourth-order valence-corrected chi connectivity index (χ4v) is 1.81. The number of hydrogen-bond donors (Lipinski definition) is 1. The molecule has 1 fully saturated rings. The summed E-state index contributed by atoms with van der Waals surface area (Å²) in [6.45, 7) is 2.35. The molecule has 0 aromatic carbocycles. The second-order valence-electron chi connectivity index (χ2n) is 4.00. The highest BCUT2D eigenvalue weighted by atomic mass is 16.5. The zero-order valence-electron chi connectivity index (χ0n) is 9.81. The van der Waals surface area contributed by atoms with Gasteiger partial charge < -0.3 is 14.8 Å². The van der Waals surface area contributed by atoms with E-state index in [-0.39, 0.29) is 5.97 Å². The predicted molar refractivity (Wildman–Crippen MR) is 63.0 cm³/mol. The van der Waals surface area contributed by atoms with Crippen molar-refractivity contribution in [1.29, 1.82) is 0 Å². The van der Waals surface area contributed by atoms with Gasteiger partial charge in [0.15, 0.2) is 0 Å². The van der Waals surface area contributed by atoms with Crippen molar-refractivity contribution in [2.75, 3.05) is 32.2 Å². The summed E-state index contributed by atoms with van der Waals surface area (Å²) in [7, 11) is 1.37. The van der Waals surface area contributed by atoms with Gasteiger partial charge in [0.1, 0.15) is 11.4 Å². The first kappa shape index (κ1) is 11.9. The molecule has 1 unspecified atom stereocenters. The topological polar surface area (TPSA) is 60.5 Å². The van der Waals surface area contributed by atoms with Crippen molar-refractivity contribution in [3.63, 3.8) is 0 Å². The maximum Gasteiger partial charge on any atom is 0.341 e. The van der Waals surface area contributed by atoms with Gasteiger partial charge in [-0.05, 0) is 18.6 Å². The van der Waals surface area contributed by atoms with Gasteiger partial charge in [-0.1, -0.05) is 0 Å². The molecule has 0 saturated carbocycles. The molecule has 0 spiro atoms. The van der Waals surface area contributed by atoms with E-state index >= 15 is 0 Å². The first-order chi connectivity index (χ1) is 8.31. The van der Waals surface area contributed by atoms with Crippen molar-refractivity contribution in [3.8, 4) is 0 Å². The van der Waals surface area contributed by atoms with Crippen LogP contribution in [0.2, 0.25) is 0 Å². The molecule has 17 heavy (non-hydrogen) atoms. The lowest BCUT2D eigenvalue weighted by Gasteiger charge is -2.12. The van der Waals surface area contributed by atoms with Gasteiger partial charge in [0.05, 0.1) is 13.7 Å². The Bertz CT molecular complexity index is 389. The molecule has 1 aliphatic heterocycles. The first-order valence-electron chi connectivity index (χ1n) is 5.66. The standard InChI is InChI=1S/C12H16N2O3/c1-16-12(15)10-3-2-5-13-11(10)14-7-9-4-6-17-8-9/h2-3,5,9H,4,6-8H2,1H3,(H,13,14). The number of hydrogen-bond acceptors (Lipinski definition) is 5. The number of methoxy groups -OCH3 is 1. The average molecular weight is 236 g/mol. The summed E-state index contributed by atoms with van der Waals surface area (Å²) in [5, 5.41) is 3.18. The molecule has 5 heteroatoms. The van der Waals surface area contributed by atoms with Gasteiger partial charge in [-0.3, -0.25) is 0 Å². The Kier molecular flexibility index (Phi) is 3.93. The van der Waals surface area contributed by atoms with Crippen LogP contribution in [0.25, 0.3) is 0 Å². The van der Waals surface area contributed by atoms with E-state index in [0.717, 1.165) is 26.2 Å². The summed E-state index contributed by atoms with van der Waals surface area (Å²) in [5.74, 6) is 0.692. The SMILES string of the molecule is COC(=O)c1cccnc1NCC1CCOC1. The van der Waals surface area contributed by atoms with Crippen LogP contribution in [0.1, 0.15) is 16.8 Å². The minimum Gasteiger partial charge on any atom is -0.465 e. The van der Waals surface area contributed by atoms with Gasteiger partial charge in [-0.25, -0.2) is 9.78 Å². The molecule has 92 valence electrons. The van der Waals surface area contributed by atoms with Crippen molar-refractivity contribution < 1.29 is 14.3 Å². The minimum atomic E-state index is -0.372. The third-order valence-electron chi connectivity index (χ3n) is 2.80. The zero-order valence-corrected chi connectivity index (χ0v) is 9.81. The van der Waals surface area contributed by atoms with E-state index < -0.39 is 0 Å². The number of nitrogens with zero attached hydrogens (tertiary/aromatic N) is 1. The number of carbonyl (C=O) groups excluding carboxylic acids is 1. The smallest absolute Gasteiger partial charge is 0.341 e. The number of esters is 1. The van der Waals surface area contributed by atoms with Crippen molar-refractivity contribution in [2.24, 2.45) is 5.92 Å². The highest BCUT2D eigenvalue weighted by molar-refractivity contribution is 5.94. The molecule has 5 nitrogen and oxygen atoms in total. The van der Waals surface area contributed by atoms with Gasteiger partial charge in [0.2, 0.25) is 0 Å². The van der Waals surface area contributed by atoms with Gasteiger partial charge >= 0.3 is 5.97 Å². The third-order valence-corrected chi connectivity index (χ3v) is 2.80. The number of anilines is 1. The molecule has 0 amide bonds. The maximum atomic E-state index is 11.5. The van der Waals surface area contributed by atoms with Crippen LogP contribution < -0.4 is 5.32 Å². The van der Waals surface area contributed by atoms with E-state index in [0.29, 0.717) is 17.3 Å². The Morgan fingerprint density at radius 1 is 1.71 bits per heavy atom.